The summed E-state index contributed by atoms with van der Waals surface area (Å²) >= 11 is 0. The fraction of sp³-hybridized carbons (Fsp3) is 0. The zero-order valence-corrected chi connectivity index (χ0v) is 11.2. The molecular weight excluding hydrogens is 286 g/mol. The molecular formula is C14H11N5O3. The Bertz CT molecular complexity index is 870. The van der Waals surface area contributed by atoms with Crippen molar-refractivity contribution in [2.24, 2.45) is 0 Å². The van der Waals surface area contributed by atoms with Crippen LogP contribution in [0.2, 0.25) is 0 Å². The minimum Gasteiger partial charge on any atom is -0.384 e. The van der Waals surface area contributed by atoms with Crippen LogP contribution < -0.4 is 11.1 Å². The number of fused-ring (bicyclic) bond motifs is 1. The molecule has 0 bridgehead atoms. The molecule has 3 rings (SSSR count). The SMILES string of the molecule is Nc1ccc(NC(=O)c2cc3cccc([N+](=O)[O-])c3[nH]2)cn1. The van der Waals surface area contributed by atoms with E-state index in [1.54, 1.807) is 30.3 Å². The number of nitrogen functional groups attached to an aromatic ring is 1. The normalized spacial score (nSPS) is 10.5. The number of rotatable bonds is 3. The van der Waals surface area contributed by atoms with Crippen molar-refractivity contribution in [3.8, 4) is 0 Å². The Kier molecular flexibility index (Phi) is 3.18. The molecule has 4 N–H and O–H groups in total. The average Bonchev–Trinajstić information content (AvgIpc) is 2.93. The molecule has 1 aromatic carbocycles. The number of anilines is 2. The second-order valence-corrected chi connectivity index (χ2v) is 4.61. The largest absolute Gasteiger partial charge is 0.384 e. The molecule has 0 saturated carbocycles. The number of carbonyl (C=O) groups excluding carboxylic acids is 1. The maximum Gasteiger partial charge on any atom is 0.293 e. The summed E-state index contributed by atoms with van der Waals surface area (Å²) in [6, 6.07) is 9.38. The second-order valence-electron chi connectivity index (χ2n) is 4.61. The van der Waals surface area contributed by atoms with Crippen molar-refractivity contribution in [1.29, 1.82) is 0 Å². The number of pyridine rings is 1. The van der Waals surface area contributed by atoms with Crippen LogP contribution in [0.4, 0.5) is 17.2 Å². The Balaban J connectivity index is 1.93. The highest BCUT2D eigenvalue weighted by molar-refractivity contribution is 6.06. The topological polar surface area (TPSA) is 127 Å². The molecule has 0 aliphatic rings. The number of hydrogen-bond acceptors (Lipinski definition) is 5. The fourth-order valence-electron chi connectivity index (χ4n) is 2.09. The lowest BCUT2D eigenvalue weighted by Crippen LogP contribution is -2.12. The van der Waals surface area contributed by atoms with Gasteiger partial charge in [-0.25, -0.2) is 4.98 Å². The first-order chi connectivity index (χ1) is 10.5. The Morgan fingerprint density at radius 3 is 2.82 bits per heavy atom. The lowest BCUT2D eigenvalue weighted by Gasteiger charge is -2.03. The molecule has 0 atom stereocenters. The lowest BCUT2D eigenvalue weighted by atomic mass is 10.2. The number of amides is 1. The van der Waals surface area contributed by atoms with Crippen LogP contribution in [0.3, 0.4) is 0 Å². The zero-order chi connectivity index (χ0) is 15.7. The van der Waals surface area contributed by atoms with Gasteiger partial charge in [0, 0.05) is 11.5 Å². The van der Waals surface area contributed by atoms with Crippen LogP contribution in [0.5, 0.6) is 0 Å². The number of aromatic nitrogens is 2. The standard InChI is InChI=1S/C14H11N5O3/c15-12-5-4-9(7-16-12)17-14(20)10-6-8-2-1-3-11(19(21)22)13(8)18-10/h1-7,18H,(H2,15,16)(H,17,20). The van der Waals surface area contributed by atoms with Gasteiger partial charge in [0.05, 0.1) is 16.8 Å². The molecule has 8 heteroatoms. The van der Waals surface area contributed by atoms with Crippen LogP contribution in [0.15, 0.2) is 42.6 Å². The number of hydrogen-bond donors (Lipinski definition) is 3. The summed E-state index contributed by atoms with van der Waals surface area (Å²) in [5, 5.41) is 14.2. The predicted octanol–water partition coefficient (Wildman–Crippen LogP) is 2.31. The van der Waals surface area contributed by atoms with Crippen LogP contribution in [0.1, 0.15) is 10.5 Å². The van der Waals surface area contributed by atoms with E-state index >= 15 is 0 Å². The van der Waals surface area contributed by atoms with Gasteiger partial charge in [-0.15, -0.1) is 0 Å². The van der Waals surface area contributed by atoms with Crippen LogP contribution >= 0.6 is 0 Å². The lowest BCUT2D eigenvalue weighted by molar-refractivity contribution is -0.383. The number of nitrogens with zero attached hydrogens (tertiary/aromatic N) is 2. The van der Waals surface area contributed by atoms with Gasteiger partial charge in [-0.1, -0.05) is 12.1 Å². The van der Waals surface area contributed by atoms with Crippen molar-refractivity contribution in [3.63, 3.8) is 0 Å². The molecule has 0 spiro atoms. The van der Waals surface area contributed by atoms with Crippen molar-refractivity contribution in [2.45, 2.75) is 0 Å². The minimum atomic E-state index is -0.496. The van der Waals surface area contributed by atoms with E-state index in [0.717, 1.165) is 0 Å². The first-order valence-electron chi connectivity index (χ1n) is 6.33. The average molecular weight is 297 g/mol. The molecule has 2 aromatic heterocycles. The van der Waals surface area contributed by atoms with Crippen LogP contribution in [-0.4, -0.2) is 20.8 Å². The number of carbonyl (C=O) groups is 1. The number of nitro benzene ring substituents is 1. The number of nitrogens with one attached hydrogen (secondary N) is 2. The van der Waals surface area contributed by atoms with Gasteiger partial charge in [0.1, 0.15) is 17.0 Å². The summed E-state index contributed by atoms with van der Waals surface area (Å²) in [5.74, 6) is -0.0729. The third kappa shape index (κ3) is 2.44. The van der Waals surface area contributed by atoms with Crippen molar-refractivity contribution in [3.05, 3.63) is 58.4 Å². The highest BCUT2D eigenvalue weighted by atomic mass is 16.6. The van der Waals surface area contributed by atoms with E-state index in [4.69, 9.17) is 5.73 Å². The predicted molar refractivity (Wildman–Crippen MR) is 81.6 cm³/mol. The Hall–Kier alpha value is -3.42. The molecule has 22 heavy (non-hydrogen) atoms. The third-order valence-corrected chi connectivity index (χ3v) is 3.12. The van der Waals surface area contributed by atoms with Crippen molar-refractivity contribution >= 4 is 34.0 Å². The van der Waals surface area contributed by atoms with E-state index in [2.05, 4.69) is 15.3 Å². The van der Waals surface area contributed by atoms with Crippen molar-refractivity contribution in [1.82, 2.24) is 9.97 Å². The maximum atomic E-state index is 12.2. The van der Waals surface area contributed by atoms with Crippen molar-refractivity contribution in [2.75, 3.05) is 11.1 Å². The van der Waals surface area contributed by atoms with Gasteiger partial charge in [-0.05, 0) is 18.2 Å². The van der Waals surface area contributed by atoms with E-state index in [1.807, 2.05) is 0 Å². The molecule has 0 fully saturated rings. The number of aromatic amines is 1. The number of nitrogens with two attached hydrogens (primary N) is 1. The fourth-order valence-corrected chi connectivity index (χ4v) is 2.09. The van der Waals surface area contributed by atoms with E-state index < -0.39 is 10.8 Å². The summed E-state index contributed by atoms with van der Waals surface area (Å²) in [6.07, 6.45) is 1.43. The van der Waals surface area contributed by atoms with Gasteiger partial charge in [0.2, 0.25) is 0 Å². The van der Waals surface area contributed by atoms with Gasteiger partial charge in [0.25, 0.3) is 11.6 Å². The Labute approximate surface area is 124 Å². The van der Waals surface area contributed by atoms with Gasteiger partial charge in [0.15, 0.2) is 0 Å². The van der Waals surface area contributed by atoms with Gasteiger partial charge in [-0.3, -0.25) is 14.9 Å². The molecule has 2 heterocycles. The van der Waals surface area contributed by atoms with E-state index in [0.29, 0.717) is 22.4 Å². The van der Waals surface area contributed by atoms with Crippen molar-refractivity contribution < 1.29 is 9.72 Å². The first-order valence-corrected chi connectivity index (χ1v) is 6.33. The van der Waals surface area contributed by atoms with Crippen LogP contribution in [0, 0.1) is 10.1 Å². The number of benzene rings is 1. The first kappa shape index (κ1) is 13.6. The van der Waals surface area contributed by atoms with Crippen LogP contribution in [0.25, 0.3) is 10.9 Å². The maximum absolute atomic E-state index is 12.2. The molecule has 110 valence electrons. The van der Waals surface area contributed by atoms with Crippen LogP contribution in [-0.2, 0) is 0 Å². The van der Waals surface area contributed by atoms with E-state index in [9.17, 15) is 14.9 Å². The smallest absolute Gasteiger partial charge is 0.293 e. The molecule has 0 aliphatic carbocycles. The van der Waals surface area contributed by atoms with Gasteiger partial charge in [-0.2, -0.15) is 0 Å². The highest BCUT2D eigenvalue weighted by Crippen LogP contribution is 2.25. The summed E-state index contributed by atoms with van der Waals surface area (Å²) in [4.78, 5) is 29.3. The molecule has 0 saturated heterocycles. The minimum absolute atomic E-state index is 0.0781. The quantitative estimate of drug-likeness (QED) is 0.505. The van der Waals surface area contributed by atoms with Gasteiger partial charge >= 0.3 is 0 Å². The monoisotopic (exact) mass is 297 g/mol. The zero-order valence-electron chi connectivity index (χ0n) is 11.2. The van der Waals surface area contributed by atoms with E-state index in [1.165, 1.54) is 12.3 Å². The van der Waals surface area contributed by atoms with E-state index in [-0.39, 0.29) is 11.4 Å². The highest BCUT2D eigenvalue weighted by Gasteiger charge is 2.16. The summed E-state index contributed by atoms with van der Waals surface area (Å²) in [7, 11) is 0. The number of H-pyrrole nitrogens is 1. The second kappa shape index (κ2) is 5.17. The molecule has 0 aliphatic heterocycles. The molecule has 8 nitrogen and oxygen atoms in total. The number of nitro groups is 1. The molecule has 1 amide bonds. The summed E-state index contributed by atoms with van der Waals surface area (Å²) in [5.41, 5.74) is 6.41. The number of non-ortho nitro benzene ring substituents is 1. The number of para-hydroxylation sites is 1. The molecule has 0 radical (unpaired) electrons. The summed E-state index contributed by atoms with van der Waals surface area (Å²) < 4.78 is 0. The molecule has 3 aromatic rings. The van der Waals surface area contributed by atoms with Gasteiger partial charge < -0.3 is 16.0 Å². The third-order valence-electron chi connectivity index (χ3n) is 3.12. The molecule has 0 unspecified atom stereocenters. The Morgan fingerprint density at radius 2 is 2.14 bits per heavy atom. The Morgan fingerprint density at radius 1 is 1.32 bits per heavy atom. The summed E-state index contributed by atoms with van der Waals surface area (Å²) in [6.45, 7) is 0.